The number of hydrogen-bond acceptors (Lipinski definition) is 4. The van der Waals surface area contributed by atoms with Gasteiger partial charge in [0.1, 0.15) is 5.75 Å². The van der Waals surface area contributed by atoms with Crippen molar-refractivity contribution in [3.05, 3.63) is 69.8 Å². The number of benzene rings is 2. The quantitative estimate of drug-likeness (QED) is 0.676. The zero-order chi connectivity index (χ0) is 15.2. The van der Waals surface area contributed by atoms with Crippen LogP contribution in [-0.4, -0.2) is 17.9 Å². The van der Waals surface area contributed by atoms with Crippen LogP contribution in [0.2, 0.25) is 0 Å². The lowest BCUT2D eigenvalue weighted by Crippen LogP contribution is -2.23. The third kappa shape index (κ3) is 3.56. The number of carbonyl (C=O) groups is 1. The van der Waals surface area contributed by atoms with Crippen molar-refractivity contribution in [3.8, 4) is 5.75 Å². The van der Waals surface area contributed by atoms with Crippen LogP contribution in [0, 0.1) is 10.1 Å². The van der Waals surface area contributed by atoms with Crippen LogP contribution in [0.5, 0.6) is 5.75 Å². The van der Waals surface area contributed by atoms with Gasteiger partial charge >= 0.3 is 0 Å². The normalized spacial score (nSPS) is 9.95. The summed E-state index contributed by atoms with van der Waals surface area (Å²) in [5, 5.41) is 13.4. The second-order valence-corrected chi connectivity index (χ2v) is 4.31. The first-order valence-electron chi connectivity index (χ1n) is 6.26. The van der Waals surface area contributed by atoms with Crippen LogP contribution in [-0.2, 0) is 6.54 Å². The Morgan fingerprint density at radius 2 is 2.00 bits per heavy atom. The zero-order valence-corrected chi connectivity index (χ0v) is 11.4. The molecule has 108 valence electrons. The van der Waals surface area contributed by atoms with Crippen LogP contribution in [0.3, 0.4) is 0 Å². The molecule has 0 saturated heterocycles. The number of nitro benzene ring substituents is 1. The summed E-state index contributed by atoms with van der Waals surface area (Å²) in [5.74, 6) is 0.188. The van der Waals surface area contributed by atoms with Crippen LogP contribution in [0.4, 0.5) is 5.69 Å². The van der Waals surface area contributed by atoms with Gasteiger partial charge in [0.05, 0.1) is 17.6 Å². The molecule has 2 aromatic carbocycles. The number of ether oxygens (including phenoxy) is 1. The highest BCUT2D eigenvalue weighted by Crippen LogP contribution is 2.17. The van der Waals surface area contributed by atoms with Gasteiger partial charge in [-0.3, -0.25) is 14.9 Å². The van der Waals surface area contributed by atoms with Gasteiger partial charge in [-0.05, 0) is 17.7 Å². The molecular weight excluding hydrogens is 272 g/mol. The van der Waals surface area contributed by atoms with E-state index < -0.39 is 4.92 Å². The smallest absolute Gasteiger partial charge is 0.269 e. The molecule has 0 atom stereocenters. The maximum atomic E-state index is 12.1. The predicted molar refractivity (Wildman–Crippen MR) is 77.3 cm³/mol. The number of non-ortho nitro benzene ring substituents is 1. The van der Waals surface area contributed by atoms with Crippen molar-refractivity contribution < 1.29 is 14.5 Å². The molecule has 0 aliphatic heterocycles. The summed E-state index contributed by atoms with van der Waals surface area (Å²) in [6.45, 7) is 0.207. The minimum Gasteiger partial charge on any atom is -0.496 e. The Bertz CT molecular complexity index is 670. The minimum absolute atomic E-state index is 0.000888. The van der Waals surface area contributed by atoms with Crippen LogP contribution in [0.25, 0.3) is 0 Å². The molecule has 6 nitrogen and oxygen atoms in total. The lowest BCUT2D eigenvalue weighted by Gasteiger charge is -2.09. The fourth-order valence-electron chi connectivity index (χ4n) is 1.89. The molecule has 0 unspecified atom stereocenters. The molecule has 0 heterocycles. The standard InChI is InChI=1S/C15H14N2O4/c1-21-14-8-3-2-7-13(14)15(18)16-10-11-5-4-6-12(9-11)17(19)20/h2-9H,10H2,1H3,(H,16,18). The van der Waals surface area contributed by atoms with Crippen LogP contribution >= 0.6 is 0 Å². The molecular formula is C15H14N2O4. The largest absolute Gasteiger partial charge is 0.496 e. The van der Waals surface area contributed by atoms with Gasteiger partial charge in [0.15, 0.2) is 0 Å². The molecule has 21 heavy (non-hydrogen) atoms. The Morgan fingerprint density at radius 3 is 2.71 bits per heavy atom. The van der Waals surface area contributed by atoms with Gasteiger partial charge in [-0.15, -0.1) is 0 Å². The topological polar surface area (TPSA) is 81.5 Å². The number of carbonyl (C=O) groups excluding carboxylic acids is 1. The summed E-state index contributed by atoms with van der Waals surface area (Å²) in [6, 6.07) is 13.0. The maximum Gasteiger partial charge on any atom is 0.269 e. The molecule has 0 aromatic heterocycles. The average molecular weight is 286 g/mol. The van der Waals surface area contributed by atoms with Gasteiger partial charge < -0.3 is 10.1 Å². The Kier molecular flexibility index (Phi) is 4.50. The molecule has 0 aliphatic carbocycles. The van der Waals surface area contributed by atoms with Crippen molar-refractivity contribution in [1.82, 2.24) is 5.32 Å². The number of para-hydroxylation sites is 1. The van der Waals surface area contributed by atoms with Crippen LogP contribution in [0.1, 0.15) is 15.9 Å². The number of methoxy groups -OCH3 is 1. The molecule has 6 heteroatoms. The number of hydrogen-bond donors (Lipinski definition) is 1. The SMILES string of the molecule is COc1ccccc1C(=O)NCc1cccc([N+](=O)[O-])c1. The van der Waals surface area contributed by atoms with E-state index in [-0.39, 0.29) is 18.1 Å². The van der Waals surface area contributed by atoms with Gasteiger partial charge in [-0.2, -0.15) is 0 Å². The highest BCUT2D eigenvalue weighted by Gasteiger charge is 2.11. The Labute approximate surface area is 121 Å². The van der Waals surface area contributed by atoms with E-state index in [4.69, 9.17) is 4.74 Å². The Balaban J connectivity index is 2.07. The molecule has 2 rings (SSSR count). The van der Waals surface area contributed by atoms with E-state index in [1.54, 1.807) is 36.4 Å². The number of amides is 1. The first-order chi connectivity index (χ1) is 10.1. The van der Waals surface area contributed by atoms with Gasteiger partial charge in [-0.25, -0.2) is 0 Å². The van der Waals surface area contributed by atoms with E-state index in [2.05, 4.69) is 5.32 Å². The van der Waals surface area contributed by atoms with E-state index in [9.17, 15) is 14.9 Å². The number of nitrogens with zero attached hydrogens (tertiary/aromatic N) is 1. The summed E-state index contributed by atoms with van der Waals surface area (Å²) in [5.41, 5.74) is 1.08. The molecule has 0 spiro atoms. The molecule has 2 aromatic rings. The summed E-state index contributed by atoms with van der Waals surface area (Å²) in [6.07, 6.45) is 0. The van der Waals surface area contributed by atoms with Gasteiger partial charge in [-0.1, -0.05) is 24.3 Å². The van der Waals surface area contributed by atoms with Crippen molar-refractivity contribution in [1.29, 1.82) is 0 Å². The van der Waals surface area contributed by atoms with Gasteiger partial charge in [0.2, 0.25) is 0 Å². The maximum absolute atomic E-state index is 12.1. The van der Waals surface area contributed by atoms with Crippen molar-refractivity contribution in [2.24, 2.45) is 0 Å². The lowest BCUT2D eigenvalue weighted by atomic mass is 10.1. The summed E-state index contributed by atoms with van der Waals surface area (Å²) in [7, 11) is 1.49. The highest BCUT2D eigenvalue weighted by atomic mass is 16.6. The number of rotatable bonds is 5. The van der Waals surface area contributed by atoms with Crippen molar-refractivity contribution in [2.75, 3.05) is 7.11 Å². The van der Waals surface area contributed by atoms with E-state index in [0.717, 1.165) is 0 Å². The van der Waals surface area contributed by atoms with E-state index in [1.807, 2.05) is 0 Å². The van der Waals surface area contributed by atoms with Crippen LogP contribution in [0.15, 0.2) is 48.5 Å². The predicted octanol–water partition coefficient (Wildman–Crippen LogP) is 2.53. The molecule has 1 N–H and O–H groups in total. The second kappa shape index (κ2) is 6.51. The average Bonchev–Trinajstić information content (AvgIpc) is 2.52. The first kappa shape index (κ1) is 14.5. The highest BCUT2D eigenvalue weighted by molar-refractivity contribution is 5.96. The summed E-state index contributed by atoms with van der Waals surface area (Å²) >= 11 is 0. The number of nitrogens with one attached hydrogen (secondary N) is 1. The molecule has 1 amide bonds. The Morgan fingerprint density at radius 1 is 1.24 bits per heavy atom. The van der Waals surface area contributed by atoms with Gasteiger partial charge in [0.25, 0.3) is 11.6 Å². The molecule has 0 saturated carbocycles. The monoisotopic (exact) mass is 286 g/mol. The minimum atomic E-state index is -0.467. The van der Waals surface area contributed by atoms with Crippen molar-refractivity contribution in [2.45, 2.75) is 6.54 Å². The van der Waals surface area contributed by atoms with E-state index >= 15 is 0 Å². The lowest BCUT2D eigenvalue weighted by molar-refractivity contribution is -0.384. The molecule has 0 aliphatic rings. The van der Waals surface area contributed by atoms with Gasteiger partial charge in [0, 0.05) is 18.7 Å². The van der Waals surface area contributed by atoms with E-state index in [1.165, 1.54) is 19.2 Å². The first-order valence-corrected chi connectivity index (χ1v) is 6.26. The third-order valence-corrected chi connectivity index (χ3v) is 2.93. The van der Waals surface area contributed by atoms with Crippen molar-refractivity contribution >= 4 is 11.6 Å². The van der Waals surface area contributed by atoms with Crippen LogP contribution < -0.4 is 10.1 Å². The van der Waals surface area contributed by atoms with E-state index in [0.29, 0.717) is 16.9 Å². The second-order valence-electron chi connectivity index (χ2n) is 4.31. The number of nitro groups is 1. The summed E-state index contributed by atoms with van der Waals surface area (Å²) in [4.78, 5) is 22.3. The molecule has 0 bridgehead atoms. The fourth-order valence-corrected chi connectivity index (χ4v) is 1.89. The van der Waals surface area contributed by atoms with Crippen molar-refractivity contribution in [3.63, 3.8) is 0 Å². The molecule has 0 radical (unpaired) electrons. The molecule has 0 fully saturated rings. The summed E-state index contributed by atoms with van der Waals surface area (Å²) < 4.78 is 5.12. The zero-order valence-electron chi connectivity index (χ0n) is 11.4. The third-order valence-electron chi connectivity index (χ3n) is 2.93. The fraction of sp³-hybridized carbons (Fsp3) is 0.133. The Hall–Kier alpha value is -2.89.